The summed E-state index contributed by atoms with van der Waals surface area (Å²) in [5, 5.41) is 0. The van der Waals surface area contributed by atoms with Crippen LogP contribution < -0.4 is 0 Å². The zero-order valence-electron chi connectivity index (χ0n) is 23.9. The maximum absolute atomic E-state index is 12.2. The molecule has 3 nitrogen and oxygen atoms in total. The molecule has 0 radical (unpaired) electrons. The molecular weight excluding hydrogens is 430 g/mol. The molecule has 9 atom stereocenters. The standard InChI is InChI=1S/C30H47NO2.C2H6/c1-18(2)31-14-6-7-27-28(31)20(4)30(33-27)13-11-23-24-9-8-21-15-22(32)10-12-29(21,5)26(24)16-25(23)19(3)17-30;1-2/h18,20-21,23-24,26-28H,6-17H2,1-5H3;1-2H3. The van der Waals surface area contributed by atoms with Crippen molar-refractivity contribution < 1.29 is 9.53 Å². The van der Waals surface area contributed by atoms with Gasteiger partial charge in [-0.3, -0.25) is 9.69 Å². The summed E-state index contributed by atoms with van der Waals surface area (Å²) >= 11 is 0. The Balaban J connectivity index is 0.00000124. The van der Waals surface area contributed by atoms with Crippen LogP contribution in [-0.2, 0) is 9.53 Å². The van der Waals surface area contributed by atoms with E-state index in [9.17, 15) is 4.79 Å². The molecule has 3 heteroatoms. The number of ketones is 1. The fourth-order valence-corrected chi connectivity index (χ4v) is 10.2. The van der Waals surface area contributed by atoms with Crippen molar-refractivity contribution in [2.75, 3.05) is 6.54 Å². The van der Waals surface area contributed by atoms with E-state index < -0.39 is 0 Å². The maximum Gasteiger partial charge on any atom is 0.133 e. The second kappa shape index (κ2) is 9.57. The highest BCUT2D eigenvalue weighted by atomic mass is 16.5. The SMILES string of the molecule is CC.CC1=C2CC3C(CCC4CC(=O)CCC43C)C2CCC2(C1)OC1CCCN(C(C)C)C1C2C. The van der Waals surface area contributed by atoms with Crippen LogP contribution in [0.2, 0.25) is 0 Å². The van der Waals surface area contributed by atoms with Crippen LogP contribution >= 0.6 is 0 Å². The third kappa shape index (κ3) is 4.01. The molecule has 4 aliphatic carbocycles. The van der Waals surface area contributed by atoms with Gasteiger partial charge in [-0.05, 0) is 114 Å². The number of fused-ring (bicyclic) bond motifs is 6. The Labute approximate surface area is 215 Å². The number of hydrogen-bond acceptors (Lipinski definition) is 3. The van der Waals surface area contributed by atoms with Gasteiger partial charge in [0, 0.05) is 30.8 Å². The second-order valence-corrected chi connectivity index (χ2v) is 13.6. The number of carbonyl (C=O) groups is 1. The van der Waals surface area contributed by atoms with Crippen LogP contribution in [0.25, 0.3) is 0 Å². The lowest BCUT2D eigenvalue weighted by atomic mass is 9.52. The molecule has 0 N–H and O–H groups in total. The first-order chi connectivity index (χ1) is 16.7. The highest BCUT2D eigenvalue weighted by Gasteiger charge is 2.60. The monoisotopic (exact) mass is 483 g/mol. The van der Waals surface area contributed by atoms with E-state index in [-0.39, 0.29) is 5.60 Å². The van der Waals surface area contributed by atoms with Gasteiger partial charge in [0.2, 0.25) is 0 Å². The van der Waals surface area contributed by atoms with E-state index in [0.717, 1.165) is 43.4 Å². The van der Waals surface area contributed by atoms with Crippen molar-refractivity contribution in [1.82, 2.24) is 4.90 Å². The van der Waals surface area contributed by atoms with Gasteiger partial charge in [0.05, 0.1) is 11.7 Å². The molecule has 0 aromatic heterocycles. The molecule has 2 aliphatic heterocycles. The lowest BCUT2D eigenvalue weighted by Gasteiger charge is -2.52. The molecule has 0 aromatic carbocycles. The van der Waals surface area contributed by atoms with Crippen LogP contribution in [0.5, 0.6) is 0 Å². The van der Waals surface area contributed by atoms with Gasteiger partial charge in [0.25, 0.3) is 0 Å². The van der Waals surface area contributed by atoms with Crippen LogP contribution in [0.1, 0.15) is 119 Å². The molecule has 3 saturated carbocycles. The van der Waals surface area contributed by atoms with E-state index in [4.69, 9.17) is 4.74 Å². The van der Waals surface area contributed by atoms with Crippen LogP contribution in [0.3, 0.4) is 0 Å². The Bertz CT molecular complexity index is 847. The average molecular weight is 484 g/mol. The van der Waals surface area contributed by atoms with E-state index >= 15 is 0 Å². The summed E-state index contributed by atoms with van der Waals surface area (Å²) in [6.07, 6.45) is 13.5. The van der Waals surface area contributed by atoms with Gasteiger partial charge in [-0.2, -0.15) is 0 Å². The van der Waals surface area contributed by atoms with Gasteiger partial charge in [0.15, 0.2) is 0 Å². The molecule has 198 valence electrons. The predicted octanol–water partition coefficient (Wildman–Crippen LogP) is 7.58. The van der Waals surface area contributed by atoms with E-state index in [2.05, 4.69) is 39.5 Å². The van der Waals surface area contributed by atoms with Gasteiger partial charge in [-0.25, -0.2) is 0 Å². The lowest BCUT2D eigenvalue weighted by molar-refractivity contribution is -0.129. The van der Waals surface area contributed by atoms with Crippen LogP contribution in [0.4, 0.5) is 0 Å². The molecule has 2 heterocycles. The third-order valence-corrected chi connectivity index (χ3v) is 12.0. The smallest absolute Gasteiger partial charge is 0.133 e. The van der Waals surface area contributed by atoms with Crippen molar-refractivity contribution in [2.45, 2.75) is 143 Å². The fourth-order valence-electron chi connectivity index (χ4n) is 10.2. The zero-order chi connectivity index (χ0) is 25.1. The summed E-state index contributed by atoms with van der Waals surface area (Å²) in [5.41, 5.74) is 3.97. The third-order valence-electron chi connectivity index (χ3n) is 12.0. The minimum Gasteiger partial charge on any atom is -0.369 e. The molecule has 0 amide bonds. The summed E-state index contributed by atoms with van der Waals surface area (Å²) < 4.78 is 7.14. The number of rotatable bonds is 1. The normalized spacial score (nSPS) is 47.5. The van der Waals surface area contributed by atoms with Crippen molar-refractivity contribution in [3.05, 3.63) is 11.1 Å². The molecule has 5 fully saturated rings. The van der Waals surface area contributed by atoms with Crippen molar-refractivity contribution >= 4 is 5.78 Å². The summed E-state index contributed by atoms with van der Waals surface area (Å²) in [5.74, 6) is 4.25. The summed E-state index contributed by atoms with van der Waals surface area (Å²) in [6.45, 7) is 17.6. The fraction of sp³-hybridized carbons (Fsp3) is 0.906. The van der Waals surface area contributed by atoms with E-state index in [0.29, 0.717) is 41.2 Å². The first-order valence-electron chi connectivity index (χ1n) is 15.4. The highest BCUT2D eigenvalue weighted by molar-refractivity contribution is 5.79. The minimum absolute atomic E-state index is 0.0576. The van der Waals surface area contributed by atoms with Crippen molar-refractivity contribution in [3.63, 3.8) is 0 Å². The highest BCUT2D eigenvalue weighted by Crippen LogP contribution is 2.65. The van der Waals surface area contributed by atoms with Gasteiger partial charge in [-0.1, -0.05) is 38.8 Å². The number of likely N-dealkylation sites (tertiary alicyclic amines) is 1. The molecule has 2 saturated heterocycles. The topological polar surface area (TPSA) is 29.5 Å². The number of nitrogens with zero attached hydrogens (tertiary/aromatic N) is 1. The summed E-state index contributed by atoms with van der Waals surface area (Å²) in [6, 6.07) is 1.22. The number of Topliss-reactive ketones (excluding diaryl/α,β-unsaturated/α-hetero) is 1. The molecule has 0 aromatic rings. The van der Waals surface area contributed by atoms with E-state index in [1.807, 2.05) is 19.4 Å². The molecular formula is C32H53NO2. The Hall–Kier alpha value is -0.670. The lowest BCUT2D eigenvalue weighted by Crippen LogP contribution is -2.52. The molecule has 35 heavy (non-hydrogen) atoms. The van der Waals surface area contributed by atoms with Gasteiger partial charge >= 0.3 is 0 Å². The molecule has 6 rings (SSSR count). The van der Waals surface area contributed by atoms with Crippen molar-refractivity contribution in [1.29, 1.82) is 0 Å². The largest absolute Gasteiger partial charge is 0.369 e. The number of hydrogen-bond donors (Lipinski definition) is 0. The Morgan fingerprint density at radius 2 is 1.83 bits per heavy atom. The van der Waals surface area contributed by atoms with Gasteiger partial charge in [0.1, 0.15) is 5.78 Å². The Morgan fingerprint density at radius 3 is 2.57 bits per heavy atom. The van der Waals surface area contributed by atoms with Crippen molar-refractivity contribution in [2.24, 2.45) is 35.0 Å². The second-order valence-electron chi connectivity index (χ2n) is 13.6. The first-order valence-corrected chi connectivity index (χ1v) is 15.4. The predicted molar refractivity (Wildman–Crippen MR) is 144 cm³/mol. The average Bonchev–Trinajstić information content (AvgIpc) is 3.31. The summed E-state index contributed by atoms with van der Waals surface area (Å²) in [4.78, 5) is 15.0. The molecule has 6 aliphatic rings. The Kier molecular flexibility index (Phi) is 7.10. The van der Waals surface area contributed by atoms with E-state index in [1.165, 1.54) is 51.5 Å². The van der Waals surface area contributed by atoms with Crippen LogP contribution in [-0.4, -0.2) is 41.0 Å². The van der Waals surface area contributed by atoms with Gasteiger partial charge in [-0.15, -0.1) is 0 Å². The zero-order valence-corrected chi connectivity index (χ0v) is 23.9. The number of ether oxygens (including phenoxy) is 1. The van der Waals surface area contributed by atoms with Crippen LogP contribution in [0, 0.1) is 35.0 Å². The van der Waals surface area contributed by atoms with Crippen molar-refractivity contribution in [3.8, 4) is 0 Å². The maximum atomic E-state index is 12.2. The van der Waals surface area contributed by atoms with E-state index in [1.54, 1.807) is 5.57 Å². The Morgan fingerprint density at radius 1 is 1.06 bits per heavy atom. The van der Waals surface area contributed by atoms with Crippen LogP contribution in [0.15, 0.2) is 11.1 Å². The number of allylic oxidation sites excluding steroid dienone is 1. The first kappa shape index (κ1) is 26.0. The molecule has 1 spiro atoms. The number of piperidine rings is 1. The number of carbonyl (C=O) groups excluding carboxylic acids is 1. The summed E-state index contributed by atoms with van der Waals surface area (Å²) in [7, 11) is 0. The minimum atomic E-state index is 0.0576. The quantitative estimate of drug-likeness (QED) is 0.360. The van der Waals surface area contributed by atoms with Gasteiger partial charge < -0.3 is 4.74 Å². The molecule has 9 unspecified atom stereocenters. The molecule has 0 bridgehead atoms.